The van der Waals surface area contributed by atoms with Crippen LogP contribution in [0, 0.1) is 17.2 Å². The van der Waals surface area contributed by atoms with E-state index >= 15 is 0 Å². The van der Waals surface area contributed by atoms with Gasteiger partial charge in [-0.1, -0.05) is 33.1 Å². The molecule has 5 N–H and O–H groups in total. The van der Waals surface area contributed by atoms with Crippen molar-refractivity contribution in [1.82, 2.24) is 15.5 Å². The van der Waals surface area contributed by atoms with Gasteiger partial charge in [0.25, 0.3) is 0 Å². The number of nitrogens with zero attached hydrogens (tertiary/aromatic N) is 1. The third kappa shape index (κ3) is 7.52. The van der Waals surface area contributed by atoms with E-state index in [1.807, 2.05) is 27.7 Å². The third-order valence-corrected chi connectivity index (χ3v) is 7.86. The Morgan fingerprint density at radius 2 is 1.85 bits per heavy atom. The summed E-state index contributed by atoms with van der Waals surface area (Å²) < 4.78 is 4.11. The molecule has 3 atom stereocenters. The van der Waals surface area contributed by atoms with Gasteiger partial charge >= 0.3 is 6.09 Å². The Balaban J connectivity index is 2.23. The largest absolute Gasteiger partial charge is 0.453 e. The van der Waals surface area contributed by atoms with Gasteiger partial charge in [-0.05, 0) is 44.3 Å². The number of alkyl carbamates (subject to hydrolysis) is 1. The first kappa shape index (κ1) is 27.3. The first-order valence-electron chi connectivity index (χ1n) is 11.9. The van der Waals surface area contributed by atoms with Crippen molar-refractivity contribution in [3.63, 3.8) is 0 Å². The second kappa shape index (κ2) is 11.9. The van der Waals surface area contributed by atoms with E-state index in [-0.39, 0.29) is 35.4 Å². The van der Waals surface area contributed by atoms with E-state index in [1.54, 1.807) is 11.8 Å². The van der Waals surface area contributed by atoms with Crippen molar-refractivity contribution >= 4 is 35.5 Å². The van der Waals surface area contributed by atoms with Crippen LogP contribution in [0.5, 0.6) is 0 Å². The van der Waals surface area contributed by atoms with Crippen molar-refractivity contribution in [1.29, 1.82) is 5.41 Å². The highest BCUT2D eigenvalue weighted by atomic mass is 32.2. The Bertz CT molecular complexity index is 724. The van der Waals surface area contributed by atoms with E-state index in [0.29, 0.717) is 18.9 Å². The van der Waals surface area contributed by atoms with Crippen LogP contribution in [0.4, 0.5) is 4.79 Å². The van der Waals surface area contributed by atoms with Gasteiger partial charge in [0.2, 0.25) is 11.8 Å². The molecule has 0 radical (unpaired) electrons. The molecule has 1 saturated heterocycles. The van der Waals surface area contributed by atoms with Gasteiger partial charge in [-0.2, -0.15) is 11.8 Å². The lowest BCUT2D eigenvalue weighted by atomic mass is 9.89. The van der Waals surface area contributed by atoms with Crippen molar-refractivity contribution in [3.05, 3.63) is 0 Å². The van der Waals surface area contributed by atoms with Gasteiger partial charge in [0, 0.05) is 23.8 Å². The summed E-state index contributed by atoms with van der Waals surface area (Å²) >= 11 is 1.56. The fourth-order valence-electron chi connectivity index (χ4n) is 4.86. The third-order valence-electron chi connectivity index (χ3n) is 6.55. The maximum atomic E-state index is 13.8. The number of hydrogen-bond donors (Lipinski definition) is 4. The first-order valence-corrected chi connectivity index (χ1v) is 12.8. The molecule has 1 aliphatic heterocycles. The Morgan fingerprint density at radius 1 is 1.21 bits per heavy atom. The molecule has 188 valence electrons. The molecule has 9 nitrogen and oxygen atoms in total. The van der Waals surface area contributed by atoms with Crippen LogP contribution in [-0.2, 0) is 14.3 Å². The van der Waals surface area contributed by atoms with Crippen LogP contribution in [0.2, 0.25) is 0 Å². The minimum Gasteiger partial charge on any atom is -0.453 e. The van der Waals surface area contributed by atoms with Crippen molar-refractivity contribution in [2.24, 2.45) is 17.6 Å². The standard InChI is InChI=1S/C23H41N5O4S/c1-14(2)33-23(3,4)18(27-22(31)32-5)21(30)28-13-16(19(24)25)11-17(28)20(29)26-12-15-9-7-6-8-10-15/h14-18H,6-13H2,1-5H3,(H3,24,25)(H,26,29)(H,27,31)/t16-,17+,18+/m1/s1. The maximum Gasteiger partial charge on any atom is 0.407 e. The second-order valence-electron chi connectivity index (χ2n) is 9.98. The summed E-state index contributed by atoms with van der Waals surface area (Å²) in [5, 5.41) is 13.8. The van der Waals surface area contributed by atoms with E-state index in [4.69, 9.17) is 15.9 Å². The number of amides is 3. The van der Waals surface area contributed by atoms with Crippen molar-refractivity contribution in [3.8, 4) is 0 Å². The fraction of sp³-hybridized carbons (Fsp3) is 0.826. The average molecular weight is 484 g/mol. The Kier molecular flexibility index (Phi) is 9.87. The molecule has 2 rings (SSSR count). The summed E-state index contributed by atoms with van der Waals surface area (Å²) in [6.45, 7) is 8.61. The zero-order valence-corrected chi connectivity index (χ0v) is 21.4. The number of nitrogens with one attached hydrogen (secondary N) is 3. The van der Waals surface area contributed by atoms with Crippen LogP contribution >= 0.6 is 11.8 Å². The molecule has 1 heterocycles. The molecule has 0 aromatic heterocycles. The average Bonchev–Trinajstić information content (AvgIpc) is 3.21. The molecule has 1 aliphatic carbocycles. The molecule has 10 heteroatoms. The lowest BCUT2D eigenvalue weighted by Gasteiger charge is -2.37. The van der Waals surface area contributed by atoms with Gasteiger partial charge in [0.1, 0.15) is 12.1 Å². The number of methoxy groups -OCH3 is 1. The SMILES string of the molecule is COC(=O)N[C@@H](C(=O)N1C[C@H](C(=N)N)C[C@H]1C(=O)NCC1CCCCC1)C(C)(C)SC(C)C. The molecule has 0 aromatic rings. The summed E-state index contributed by atoms with van der Waals surface area (Å²) in [4.78, 5) is 40.5. The normalized spacial score (nSPS) is 22.7. The molecule has 0 bridgehead atoms. The van der Waals surface area contributed by atoms with Crippen molar-refractivity contribution in [2.75, 3.05) is 20.2 Å². The molecule has 0 unspecified atom stereocenters. The summed E-state index contributed by atoms with van der Waals surface area (Å²) in [7, 11) is 1.25. The summed E-state index contributed by atoms with van der Waals surface area (Å²) in [5.41, 5.74) is 5.76. The predicted molar refractivity (Wildman–Crippen MR) is 131 cm³/mol. The van der Waals surface area contributed by atoms with Gasteiger partial charge < -0.3 is 26.0 Å². The number of carbonyl (C=O) groups excluding carboxylic acids is 3. The number of hydrogen-bond acceptors (Lipinski definition) is 6. The van der Waals surface area contributed by atoms with Gasteiger partial charge in [-0.15, -0.1) is 0 Å². The molecule has 0 spiro atoms. The Morgan fingerprint density at radius 3 is 2.39 bits per heavy atom. The van der Waals surface area contributed by atoms with E-state index in [0.717, 1.165) is 12.8 Å². The van der Waals surface area contributed by atoms with Crippen molar-refractivity contribution in [2.45, 2.75) is 88.3 Å². The quantitative estimate of drug-likeness (QED) is 0.294. The van der Waals surface area contributed by atoms with Crippen LogP contribution in [0.3, 0.4) is 0 Å². The van der Waals surface area contributed by atoms with Crippen LogP contribution in [-0.4, -0.2) is 70.9 Å². The number of nitrogens with two attached hydrogens (primary N) is 1. The van der Waals surface area contributed by atoms with Crippen LogP contribution in [0.15, 0.2) is 0 Å². The number of amidine groups is 1. The smallest absolute Gasteiger partial charge is 0.407 e. The van der Waals surface area contributed by atoms with E-state index in [1.165, 1.54) is 31.3 Å². The van der Waals surface area contributed by atoms with Crippen LogP contribution in [0.1, 0.15) is 66.2 Å². The predicted octanol–water partition coefficient (Wildman–Crippen LogP) is 2.48. The molecule has 2 aliphatic rings. The molecule has 33 heavy (non-hydrogen) atoms. The maximum absolute atomic E-state index is 13.8. The van der Waals surface area contributed by atoms with E-state index < -0.39 is 22.9 Å². The topological polar surface area (TPSA) is 138 Å². The molecule has 3 amide bonds. The zero-order valence-electron chi connectivity index (χ0n) is 20.6. The summed E-state index contributed by atoms with van der Waals surface area (Å²) in [5.74, 6) is -0.543. The Hall–Kier alpha value is -1.97. The number of ether oxygens (including phenoxy) is 1. The minimum atomic E-state index is -0.906. The lowest BCUT2D eigenvalue weighted by molar-refractivity contribution is -0.140. The number of carbonyl (C=O) groups is 3. The molecular weight excluding hydrogens is 442 g/mol. The van der Waals surface area contributed by atoms with Gasteiger partial charge in [-0.3, -0.25) is 15.0 Å². The Labute approximate surface area is 201 Å². The monoisotopic (exact) mass is 483 g/mol. The number of rotatable bonds is 9. The molecule has 2 fully saturated rings. The van der Waals surface area contributed by atoms with E-state index in [9.17, 15) is 14.4 Å². The summed E-state index contributed by atoms with van der Waals surface area (Å²) in [6.07, 6.45) is 5.43. The minimum absolute atomic E-state index is 0.0383. The highest BCUT2D eigenvalue weighted by Gasteiger charge is 2.47. The van der Waals surface area contributed by atoms with Gasteiger partial charge in [-0.25, -0.2) is 4.79 Å². The van der Waals surface area contributed by atoms with Crippen LogP contribution < -0.4 is 16.4 Å². The van der Waals surface area contributed by atoms with Crippen LogP contribution in [0.25, 0.3) is 0 Å². The van der Waals surface area contributed by atoms with E-state index in [2.05, 4.69) is 10.6 Å². The summed E-state index contributed by atoms with van der Waals surface area (Å²) in [6, 6.07) is -1.63. The lowest BCUT2D eigenvalue weighted by Crippen LogP contribution is -2.60. The highest BCUT2D eigenvalue weighted by Crippen LogP contribution is 2.35. The molecule has 0 aromatic carbocycles. The number of thioether (sulfide) groups is 1. The van der Waals surface area contributed by atoms with Gasteiger partial charge in [0.05, 0.1) is 12.9 Å². The zero-order chi connectivity index (χ0) is 24.8. The van der Waals surface area contributed by atoms with Crippen molar-refractivity contribution < 1.29 is 19.1 Å². The number of likely N-dealkylation sites (tertiary alicyclic amines) is 1. The molecular formula is C23H41N5O4S. The van der Waals surface area contributed by atoms with Gasteiger partial charge in [0.15, 0.2) is 0 Å². The second-order valence-corrected chi connectivity index (χ2v) is 12.2. The molecule has 1 saturated carbocycles. The highest BCUT2D eigenvalue weighted by molar-refractivity contribution is 8.01. The fourth-order valence-corrected chi connectivity index (χ4v) is 6.37. The first-order chi connectivity index (χ1) is 15.5.